The number of halogens is 1. The van der Waals surface area contributed by atoms with E-state index in [1.165, 1.54) is 17.4 Å². The monoisotopic (exact) mass is 428 g/mol. The van der Waals surface area contributed by atoms with Crippen molar-refractivity contribution in [3.8, 4) is 11.3 Å². The standard InChI is InChI=1S/C23H25FN2O3S/c24-19-11-4-3-10-17(19)20-14-30-23(25-20)26-12-6-5-9-16(15-7-1-2-8-15)18(22(26)29)13-21(27)28/h3-6,10-11,14-16,18H,1-2,7-9,12-13H2,(H,27,28)/t16-,18-/m0/s1. The maximum atomic E-state index is 14.2. The second-order valence-corrected chi connectivity index (χ2v) is 8.90. The van der Waals surface area contributed by atoms with Gasteiger partial charge in [0.15, 0.2) is 5.13 Å². The normalized spacial score (nSPS) is 22.8. The van der Waals surface area contributed by atoms with Gasteiger partial charge in [-0.3, -0.25) is 14.5 Å². The maximum absolute atomic E-state index is 14.2. The lowest BCUT2D eigenvalue weighted by atomic mass is 9.75. The minimum Gasteiger partial charge on any atom is -0.481 e. The first-order chi connectivity index (χ1) is 14.5. The van der Waals surface area contributed by atoms with Gasteiger partial charge in [-0.2, -0.15) is 0 Å². The molecule has 5 nitrogen and oxygen atoms in total. The van der Waals surface area contributed by atoms with E-state index in [0.29, 0.717) is 28.9 Å². The fourth-order valence-electron chi connectivity index (χ4n) is 4.76. The van der Waals surface area contributed by atoms with Gasteiger partial charge < -0.3 is 5.11 Å². The maximum Gasteiger partial charge on any atom is 0.304 e. The molecular weight excluding hydrogens is 403 g/mol. The SMILES string of the molecule is O=C(O)C[C@@H]1C(=O)N(c2nc(-c3ccccc3F)cs2)CC=CC[C@H]1C1CCCC1. The number of aliphatic carboxylic acids is 1. The van der Waals surface area contributed by atoms with Crippen molar-refractivity contribution in [3.63, 3.8) is 0 Å². The molecule has 0 bridgehead atoms. The van der Waals surface area contributed by atoms with Crippen LogP contribution in [0, 0.1) is 23.6 Å². The van der Waals surface area contributed by atoms with Gasteiger partial charge in [-0.1, -0.05) is 50.0 Å². The average molecular weight is 429 g/mol. The van der Waals surface area contributed by atoms with Gasteiger partial charge in [0.2, 0.25) is 5.91 Å². The number of nitrogens with zero attached hydrogens (tertiary/aromatic N) is 2. The van der Waals surface area contributed by atoms with Gasteiger partial charge in [0.25, 0.3) is 0 Å². The first-order valence-corrected chi connectivity index (χ1v) is 11.3. The van der Waals surface area contributed by atoms with E-state index in [-0.39, 0.29) is 24.1 Å². The first kappa shape index (κ1) is 20.7. The Morgan fingerprint density at radius 3 is 2.73 bits per heavy atom. The van der Waals surface area contributed by atoms with Gasteiger partial charge in [0, 0.05) is 17.5 Å². The summed E-state index contributed by atoms with van der Waals surface area (Å²) in [5.74, 6) is -1.66. The number of carbonyl (C=O) groups excluding carboxylic acids is 1. The molecule has 0 radical (unpaired) electrons. The number of hydrogen-bond acceptors (Lipinski definition) is 4. The lowest BCUT2D eigenvalue weighted by Crippen LogP contribution is -2.43. The number of amides is 1. The van der Waals surface area contributed by atoms with E-state index in [9.17, 15) is 19.1 Å². The quantitative estimate of drug-likeness (QED) is 0.670. The molecule has 30 heavy (non-hydrogen) atoms. The molecule has 1 aliphatic heterocycles. The van der Waals surface area contributed by atoms with Crippen LogP contribution in [0.25, 0.3) is 11.3 Å². The van der Waals surface area contributed by atoms with Crippen molar-refractivity contribution in [2.75, 3.05) is 11.4 Å². The highest BCUT2D eigenvalue weighted by molar-refractivity contribution is 7.14. The molecule has 1 amide bonds. The highest BCUT2D eigenvalue weighted by Crippen LogP contribution is 2.41. The lowest BCUT2D eigenvalue weighted by molar-refractivity contribution is -0.142. The van der Waals surface area contributed by atoms with Crippen LogP contribution in [0.1, 0.15) is 38.5 Å². The van der Waals surface area contributed by atoms with Crippen molar-refractivity contribution in [3.05, 3.63) is 47.6 Å². The molecule has 2 atom stereocenters. The van der Waals surface area contributed by atoms with E-state index in [2.05, 4.69) is 11.1 Å². The van der Waals surface area contributed by atoms with Gasteiger partial charge in [0.1, 0.15) is 5.82 Å². The number of thiazole rings is 1. The number of anilines is 1. The van der Waals surface area contributed by atoms with E-state index >= 15 is 0 Å². The largest absolute Gasteiger partial charge is 0.481 e. The summed E-state index contributed by atoms with van der Waals surface area (Å²) >= 11 is 1.28. The molecule has 1 fully saturated rings. The Morgan fingerprint density at radius 1 is 1.23 bits per heavy atom. The lowest BCUT2D eigenvalue weighted by Gasteiger charge is -2.34. The van der Waals surface area contributed by atoms with Crippen molar-refractivity contribution in [1.29, 1.82) is 0 Å². The molecule has 2 aromatic rings. The zero-order valence-corrected chi connectivity index (χ0v) is 17.5. The van der Waals surface area contributed by atoms with Gasteiger partial charge in [-0.15, -0.1) is 11.3 Å². The molecule has 7 heteroatoms. The molecule has 0 spiro atoms. The second-order valence-electron chi connectivity index (χ2n) is 8.06. The van der Waals surface area contributed by atoms with Crippen molar-refractivity contribution in [1.82, 2.24) is 4.98 Å². The van der Waals surface area contributed by atoms with Crippen LogP contribution in [0.2, 0.25) is 0 Å². The Hall–Kier alpha value is -2.54. The van der Waals surface area contributed by atoms with Crippen LogP contribution in [0.3, 0.4) is 0 Å². The number of carbonyl (C=O) groups is 2. The number of benzene rings is 1. The summed E-state index contributed by atoms with van der Waals surface area (Å²) in [6, 6.07) is 6.41. The first-order valence-electron chi connectivity index (χ1n) is 10.4. The Balaban J connectivity index is 1.65. The summed E-state index contributed by atoms with van der Waals surface area (Å²) in [5, 5.41) is 11.7. The highest BCUT2D eigenvalue weighted by Gasteiger charge is 2.39. The number of rotatable bonds is 5. The minimum absolute atomic E-state index is 0.0288. The highest BCUT2D eigenvalue weighted by atomic mass is 32.1. The van der Waals surface area contributed by atoms with E-state index < -0.39 is 11.9 Å². The molecule has 1 aromatic carbocycles. The van der Waals surface area contributed by atoms with Gasteiger partial charge >= 0.3 is 5.97 Å². The molecular formula is C23H25FN2O3S. The Kier molecular flexibility index (Phi) is 6.27. The van der Waals surface area contributed by atoms with Gasteiger partial charge in [0.05, 0.1) is 18.0 Å². The second kappa shape index (κ2) is 9.08. The molecule has 2 heterocycles. The third-order valence-corrected chi connectivity index (χ3v) is 7.10. The topological polar surface area (TPSA) is 70.5 Å². The Labute approximate surface area is 179 Å². The molecule has 1 aromatic heterocycles. The van der Waals surface area contributed by atoms with Crippen molar-refractivity contribution in [2.24, 2.45) is 17.8 Å². The van der Waals surface area contributed by atoms with E-state index in [4.69, 9.17) is 0 Å². The Morgan fingerprint density at radius 2 is 2.00 bits per heavy atom. The molecule has 4 rings (SSSR count). The predicted octanol–water partition coefficient (Wildman–Crippen LogP) is 5.14. The molecule has 0 unspecified atom stereocenters. The molecule has 0 saturated heterocycles. The minimum atomic E-state index is -0.952. The van der Waals surface area contributed by atoms with Crippen LogP contribution in [0.5, 0.6) is 0 Å². The zero-order chi connectivity index (χ0) is 21.1. The average Bonchev–Trinajstić information content (AvgIpc) is 3.40. The van der Waals surface area contributed by atoms with Crippen LogP contribution in [0.15, 0.2) is 41.8 Å². The smallest absolute Gasteiger partial charge is 0.304 e. The molecule has 1 aliphatic carbocycles. The van der Waals surface area contributed by atoms with Crippen LogP contribution in [0.4, 0.5) is 9.52 Å². The number of allylic oxidation sites excluding steroid dienone is 1. The number of aromatic nitrogens is 1. The van der Waals surface area contributed by atoms with E-state index in [1.807, 2.05) is 6.08 Å². The summed E-state index contributed by atoms with van der Waals surface area (Å²) in [5.41, 5.74) is 0.870. The predicted molar refractivity (Wildman–Crippen MR) is 115 cm³/mol. The molecule has 158 valence electrons. The van der Waals surface area contributed by atoms with Crippen LogP contribution in [-0.4, -0.2) is 28.5 Å². The van der Waals surface area contributed by atoms with Crippen molar-refractivity contribution >= 4 is 28.3 Å². The van der Waals surface area contributed by atoms with Gasteiger partial charge in [-0.05, 0) is 30.4 Å². The van der Waals surface area contributed by atoms with Crippen LogP contribution < -0.4 is 4.90 Å². The summed E-state index contributed by atoms with van der Waals surface area (Å²) in [7, 11) is 0. The summed E-state index contributed by atoms with van der Waals surface area (Å²) < 4.78 is 14.2. The summed E-state index contributed by atoms with van der Waals surface area (Å²) in [6.07, 6.45) is 8.98. The van der Waals surface area contributed by atoms with Crippen molar-refractivity contribution < 1.29 is 19.1 Å². The fraction of sp³-hybridized carbons (Fsp3) is 0.435. The molecule has 2 aliphatic rings. The summed E-state index contributed by atoms with van der Waals surface area (Å²) in [6.45, 7) is 0.344. The molecule has 1 saturated carbocycles. The van der Waals surface area contributed by atoms with E-state index in [0.717, 1.165) is 32.1 Å². The number of carboxylic acid groups (broad SMARTS) is 1. The van der Waals surface area contributed by atoms with Gasteiger partial charge in [-0.25, -0.2) is 9.37 Å². The van der Waals surface area contributed by atoms with Crippen LogP contribution >= 0.6 is 11.3 Å². The Bertz CT molecular complexity index is 951. The zero-order valence-electron chi connectivity index (χ0n) is 16.7. The fourth-order valence-corrected chi connectivity index (χ4v) is 5.60. The number of hydrogen-bond donors (Lipinski definition) is 1. The van der Waals surface area contributed by atoms with Crippen LogP contribution in [-0.2, 0) is 9.59 Å². The summed E-state index contributed by atoms with van der Waals surface area (Å²) in [4.78, 5) is 31.2. The molecule has 1 N–H and O–H groups in total. The van der Waals surface area contributed by atoms with E-state index in [1.54, 1.807) is 28.5 Å². The van der Waals surface area contributed by atoms with Crippen molar-refractivity contribution in [2.45, 2.75) is 38.5 Å². The third-order valence-electron chi connectivity index (χ3n) is 6.24. The number of carboxylic acids is 1. The third kappa shape index (κ3) is 4.31.